The van der Waals surface area contributed by atoms with E-state index in [0.29, 0.717) is 5.92 Å². The van der Waals surface area contributed by atoms with Crippen LogP contribution in [0.3, 0.4) is 0 Å². The maximum absolute atomic E-state index is 4.58. The molecule has 24 heavy (non-hydrogen) atoms. The largest absolute Gasteiger partial charge is 0.376 e. The number of allylic oxidation sites excluding steroid dienone is 1. The first-order valence-electron chi connectivity index (χ1n) is 9.08. The van der Waals surface area contributed by atoms with Crippen LogP contribution >= 0.6 is 0 Å². The minimum atomic E-state index is 0.0514. The van der Waals surface area contributed by atoms with Crippen molar-refractivity contribution in [3.05, 3.63) is 77.8 Å². The highest BCUT2D eigenvalue weighted by molar-refractivity contribution is 5.31. The summed E-state index contributed by atoms with van der Waals surface area (Å²) >= 11 is 0. The van der Waals surface area contributed by atoms with Crippen LogP contribution in [0.25, 0.3) is 0 Å². The van der Waals surface area contributed by atoms with Crippen LogP contribution in [0.1, 0.15) is 62.4 Å². The van der Waals surface area contributed by atoms with E-state index >= 15 is 0 Å². The van der Waals surface area contributed by atoms with Gasteiger partial charge in [-0.2, -0.15) is 0 Å². The maximum atomic E-state index is 4.58. The van der Waals surface area contributed by atoms with Crippen LogP contribution in [0.4, 0.5) is 0 Å². The summed E-state index contributed by atoms with van der Waals surface area (Å²) in [6.07, 6.45) is 6.59. The number of aryl methyl sites for hydroxylation is 1. The number of benzene rings is 1. The summed E-state index contributed by atoms with van der Waals surface area (Å²) in [7, 11) is 0. The summed E-state index contributed by atoms with van der Waals surface area (Å²) < 4.78 is 0. The average Bonchev–Trinajstić information content (AvgIpc) is 2.61. The SMILES string of the molecule is C=C(NC(c1ccc(C)cc1)c1ccccn1)C(CCC)CCC. The van der Waals surface area contributed by atoms with E-state index in [1.54, 1.807) is 0 Å². The number of pyridine rings is 1. The van der Waals surface area contributed by atoms with E-state index in [1.165, 1.54) is 36.8 Å². The lowest BCUT2D eigenvalue weighted by atomic mass is 9.93. The average molecular weight is 322 g/mol. The Morgan fingerprint density at radius 3 is 2.25 bits per heavy atom. The van der Waals surface area contributed by atoms with E-state index < -0.39 is 0 Å². The molecular formula is C22H30N2. The van der Waals surface area contributed by atoms with Crippen LogP contribution in [-0.4, -0.2) is 4.98 Å². The summed E-state index contributed by atoms with van der Waals surface area (Å²) in [5.41, 5.74) is 4.67. The van der Waals surface area contributed by atoms with E-state index in [0.717, 1.165) is 11.4 Å². The molecule has 128 valence electrons. The molecule has 1 atom stereocenters. The van der Waals surface area contributed by atoms with Gasteiger partial charge in [0.05, 0.1) is 11.7 Å². The van der Waals surface area contributed by atoms with Gasteiger partial charge in [-0.15, -0.1) is 0 Å². The van der Waals surface area contributed by atoms with Gasteiger partial charge in [-0.05, 0) is 43.4 Å². The molecule has 0 aliphatic heterocycles. The third kappa shape index (κ3) is 4.95. The molecule has 0 saturated heterocycles. The van der Waals surface area contributed by atoms with Crippen molar-refractivity contribution in [2.24, 2.45) is 5.92 Å². The van der Waals surface area contributed by atoms with E-state index in [-0.39, 0.29) is 6.04 Å². The van der Waals surface area contributed by atoms with Crippen molar-refractivity contribution in [2.75, 3.05) is 0 Å². The van der Waals surface area contributed by atoms with Gasteiger partial charge in [0.2, 0.25) is 0 Å². The normalized spacial score (nSPS) is 12.2. The molecule has 1 N–H and O–H groups in total. The molecule has 0 amide bonds. The van der Waals surface area contributed by atoms with Crippen molar-refractivity contribution < 1.29 is 0 Å². The van der Waals surface area contributed by atoms with Crippen molar-refractivity contribution in [1.82, 2.24) is 10.3 Å². The molecule has 2 rings (SSSR count). The number of hydrogen-bond donors (Lipinski definition) is 1. The molecular weight excluding hydrogens is 292 g/mol. The molecule has 0 radical (unpaired) electrons. The van der Waals surface area contributed by atoms with Crippen LogP contribution in [-0.2, 0) is 0 Å². The summed E-state index contributed by atoms with van der Waals surface area (Å²) in [5, 5.41) is 3.68. The first-order valence-corrected chi connectivity index (χ1v) is 9.08. The molecule has 2 nitrogen and oxygen atoms in total. The van der Waals surface area contributed by atoms with Gasteiger partial charge in [-0.25, -0.2) is 0 Å². The zero-order valence-corrected chi connectivity index (χ0v) is 15.3. The molecule has 1 unspecified atom stereocenters. The smallest absolute Gasteiger partial charge is 0.0937 e. The van der Waals surface area contributed by atoms with Crippen molar-refractivity contribution >= 4 is 0 Å². The molecule has 0 aliphatic rings. The van der Waals surface area contributed by atoms with E-state index in [1.807, 2.05) is 18.3 Å². The zero-order chi connectivity index (χ0) is 17.4. The van der Waals surface area contributed by atoms with Gasteiger partial charge in [0, 0.05) is 11.9 Å². The minimum absolute atomic E-state index is 0.0514. The Morgan fingerprint density at radius 2 is 1.71 bits per heavy atom. The number of aromatic nitrogens is 1. The molecule has 0 aliphatic carbocycles. The molecule has 0 bridgehead atoms. The lowest BCUT2D eigenvalue weighted by Gasteiger charge is -2.26. The van der Waals surface area contributed by atoms with Crippen LogP contribution in [0, 0.1) is 12.8 Å². The molecule has 2 aromatic rings. The van der Waals surface area contributed by atoms with Gasteiger partial charge in [0.25, 0.3) is 0 Å². The highest BCUT2D eigenvalue weighted by Crippen LogP contribution is 2.26. The fraction of sp³-hybridized carbons (Fsp3) is 0.409. The Bertz CT molecular complexity index is 610. The van der Waals surface area contributed by atoms with Crippen LogP contribution in [0.2, 0.25) is 0 Å². The first-order chi connectivity index (χ1) is 11.7. The standard InChI is InChI=1S/C22H30N2/c1-5-9-19(10-6-2)18(4)24-22(21-11-7-8-16-23-21)20-14-12-17(3)13-15-20/h7-8,11-16,19,22,24H,4-6,9-10H2,1-3H3. The van der Waals surface area contributed by atoms with Gasteiger partial charge in [0.15, 0.2) is 0 Å². The highest BCUT2D eigenvalue weighted by atomic mass is 15.0. The number of nitrogens with one attached hydrogen (secondary N) is 1. The van der Waals surface area contributed by atoms with Crippen molar-refractivity contribution in [3.8, 4) is 0 Å². The lowest BCUT2D eigenvalue weighted by molar-refractivity contribution is 0.460. The van der Waals surface area contributed by atoms with Crippen molar-refractivity contribution in [1.29, 1.82) is 0 Å². The predicted molar refractivity (Wildman–Crippen MR) is 103 cm³/mol. The molecule has 1 aromatic heterocycles. The summed E-state index contributed by atoms with van der Waals surface area (Å²) in [5.74, 6) is 0.525. The first kappa shape index (κ1) is 18.3. The number of nitrogens with zero attached hydrogens (tertiary/aromatic N) is 1. The monoisotopic (exact) mass is 322 g/mol. The van der Waals surface area contributed by atoms with Gasteiger partial charge >= 0.3 is 0 Å². The molecule has 0 fully saturated rings. The minimum Gasteiger partial charge on any atom is -0.376 e. The second kappa shape index (κ2) is 9.27. The highest BCUT2D eigenvalue weighted by Gasteiger charge is 2.19. The summed E-state index contributed by atoms with van der Waals surface area (Å²) in [6, 6.07) is 14.8. The fourth-order valence-corrected chi connectivity index (χ4v) is 3.13. The molecule has 0 saturated carbocycles. The number of rotatable bonds is 9. The zero-order valence-electron chi connectivity index (χ0n) is 15.3. The van der Waals surface area contributed by atoms with Crippen LogP contribution < -0.4 is 5.32 Å². The molecule has 1 heterocycles. The van der Waals surface area contributed by atoms with Crippen LogP contribution in [0.5, 0.6) is 0 Å². The van der Waals surface area contributed by atoms with Crippen LogP contribution in [0.15, 0.2) is 60.9 Å². The third-order valence-electron chi connectivity index (χ3n) is 4.49. The predicted octanol–water partition coefficient (Wildman–Crippen LogP) is 5.80. The van der Waals surface area contributed by atoms with E-state index in [2.05, 4.69) is 68.0 Å². The Hall–Kier alpha value is -2.09. The maximum Gasteiger partial charge on any atom is 0.0937 e. The van der Waals surface area contributed by atoms with Gasteiger partial charge in [0.1, 0.15) is 0 Å². The van der Waals surface area contributed by atoms with E-state index in [4.69, 9.17) is 0 Å². The second-order valence-electron chi connectivity index (χ2n) is 6.54. The topological polar surface area (TPSA) is 24.9 Å². The Labute approximate surface area is 147 Å². The van der Waals surface area contributed by atoms with Gasteiger partial charge in [-0.1, -0.05) is 69.2 Å². The Balaban J connectivity index is 2.26. The number of hydrogen-bond acceptors (Lipinski definition) is 2. The quantitative estimate of drug-likeness (QED) is 0.631. The molecule has 2 heteroatoms. The fourth-order valence-electron chi connectivity index (χ4n) is 3.13. The van der Waals surface area contributed by atoms with Gasteiger partial charge in [-0.3, -0.25) is 4.98 Å². The molecule has 1 aromatic carbocycles. The summed E-state index contributed by atoms with van der Waals surface area (Å²) in [6.45, 7) is 11.0. The molecule has 0 spiro atoms. The third-order valence-corrected chi connectivity index (χ3v) is 4.49. The summed E-state index contributed by atoms with van der Waals surface area (Å²) in [4.78, 5) is 4.58. The van der Waals surface area contributed by atoms with Crippen molar-refractivity contribution in [3.63, 3.8) is 0 Å². The Kier molecular flexibility index (Phi) is 7.05. The second-order valence-corrected chi connectivity index (χ2v) is 6.54. The van der Waals surface area contributed by atoms with E-state index in [9.17, 15) is 0 Å². The van der Waals surface area contributed by atoms with Gasteiger partial charge < -0.3 is 5.32 Å². The lowest BCUT2D eigenvalue weighted by Crippen LogP contribution is -2.26. The Morgan fingerprint density at radius 1 is 1.04 bits per heavy atom. The van der Waals surface area contributed by atoms with Crippen molar-refractivity contribution in [2.45, 2.75) is 52.5 Å².